The first-order valence-electron chi connectivity index (χ1n) is 6.55. The summed E-state index contributed by atoms with van der Waals surface area (Å²) in [6, 6.07) is 3.97. The molecule has 2 unspecified atom stereocenters. The van der Waals surface area contributed by atoms with Crippen LogP contribution in [-0.4, -0.2) is 30.4 Å². The molecule has 21 heavy (non-hydrogen) atoms. The first-order valence-corrected chi connectivity index (χ1v) is 6.55. The molecule has 1 heterocycles. The van der Waals surface area contributed by atoms with E-state index in [1.54, 1.807) is 6.92 Å². The second kappa shape index (κ2) is 5.85. The van der Waals surface area contributed by atoms with Gasteiger partial charge < -0.3 is 20.3 Å². The standard InChI is InChI=1S/C14H17F2NO4/c1-8-7-14(12(18)19,4-5-20-8)10-6-9(21-13(15)16)2-3-11(10)17/h2-3,6,8,13H,4-5,7,17H2,1H3,(H,18,19). The minimum atomic E-state index is -2.98. The van der Waals surface area contributed by atoms with Crippen molar-refractivity contribution in [2.24, 2.45) is 0 Å². The number of nitrogens with two attached hydrogens (primary N) is 1. The van der Waals surface area contributed by atoms with Crippen LogP contribution in [0.3, 0.4) is 0 Å². The molecular weight excluding hydrogens is 284 g/mol. The van der Waals surface area contributed by atoms with Crippen molar-refractivity contribution >= 4 is 11.7 Å². The van der Waals surface area contributed by atoms with Crippen LogP contribution in [0.2, 0.25) is 0 Å². The van der Waals surface area contributed by atoms with Crippen LogP contribution < -0.4 is 10.5 Å². The number of carboxylic acid groups (broad SMARTS) is 1. The van der Waals surface area contributed by atoms with Gasteiger partial charge in [-0.3, -0.25) is 4.79 Å². The Labute approximate surface area is 120 Å². The van der Waals surface area contributed by atoms with E-state index in [-0.39, 0.29) is 37.0 Å². The van der Waals surface area contributed by atoms with E-state index < -0.39 is 18.0 Å². The van der Waals surface area contributed by atoms with E-state index in [2.05, 4.69) is 4.74 Å². The summed E-state index contributed by atoms with van der Waals surface area (Å²) in [4.78, 5) is 11.8. The number of benzene rings is 1. The van der Waals surface area contributed by atoms with E-state index >= 15 is 0 Å². The van der Waals surface area contributed by atoms with Crippen LogP contribution >= 0.6 is 0 Å². The molecule has 1 aromatic carbocycles. The van der Waals surface area contributed by atoms with Gasteiger partial charge in [-0.25, -0.2) is 0 Å². The second-order valence-electron chi connectivity index (χ2n) is 5.15. The highest BCUT2D eigenvalue weighted by molar-refractivity contribution is 5.84. The number of anilines is 1. The van der Waals surface area contributed by atoms with E-state index in [0.29, 0.717) is 5.56 Å². The van der Waals surface area contributed by atoms with Crippen molar-refractivity contribution in [1.29, 1.82) is 0 Å². The number of aliphatic carboxylic acids is 1. The van der Waals surface area contributed by atoms with Crippen molar-refractivity contribution in [2.45, 2.75) is 37.9 Å². The number of hydrogen-bond acceptors (Lipinski definition) is 4. The van der Waals surface area contributed by atoms with Gasteiger partial charge in [0.1, 0.15) is 5.75 Å². The Morgan fingerprint density at radius 2 is 2.29 bits per heavy atom. The fourth-order valence-corrected chi connectivity index (χ4v) is 2.77. The van der Waals surface area contributed by atoms with Crippen molar-refractivity contribution < 1.29 is 28.2 Å². The van der Waals surface area contributed by atoms with Crippen molar-refractivity contribution in [2.75, 3.05) is 12.3 Å². The van der Waals surface area contributed by atoms with Gasteiger partial charge in [-0.2, -0.15) is 8.78 Å². The maximum Gasteiger partial charge on any atom is 0.387 e. The third-order valence-electron chi connectivity index (χ3n) is 3.74. The molecule has 0 radical (unpaired) electrons. The highest BCUT2D eigenvalue weighted by Gasteiger charge is 2.45. The smallest absolute Gasteiger partial charge is 0.387 e. The quantitative estimate of drug-likeness (QED) is 0.834. The van der Waals surface area contributed by atoms with Gasteiger partial charge in [-0.05, 0) is 43.5 Å². The molecule has 0 spiro atoms. The summed E-state index contributed by atoms with van der Waals surface area (Å²) >= 11 is 0. The van der Waals surface area contributed by atoms with Crippen LogP contribution in [0.4, 0.5) is 14.5 Å². The fourth-order valence-electron chi connectivity index (χ4n) is 2.77. The lowest BCUT2D eigenvalue weighted by Gasteiger charge is -2.37. The summed E-state index contributed by atoms with van der Waals surface area (Å²) in [6.07, 6.45) is 0.202. The topological polar surface area (TPSA) is 81.8 Å². The van der Waals surface area contributed by atoms with E-state index in [9.17, 15) is 18.7 Å². The molecule has 1 aliphatic heterocycles. The lowest BCUT2D eigenvalue weighted by Crippen LogP contribution is -2.44. The molecular formula is C14H17F2NO4. The molecule has 0 amide bonds. The van der Waals surface area contributed by atoms with Gasteiger partial charge in [0.25, 0.3) is 0 Å². The summed E-state index contributed by atoms with van der Waals surface area (Å²) in [5.41, 5.74) is 5.16. The summed E-state index contributed by atoms with van der Waals surface area (Å²) in [5.74, 6) is -1.15. The predicted molar refractivity (Wildman–Crippen MR) is 71.4 cm³/mol. The van der Waals surface area contributed by atoms with Gasteiger partial charge in [-0.15, -0.1) is 0 Å². The minimum absolute atomic E-state index is 0.103. The average molecular weight is 301 g/mol. The van der Waals surface area contributed by atoms with Gasteiger partial charge in [0.05, 0.1) is 11.5 Å². The number of carboxylic acids is 1. The van der Waals surface area contributed by atoms with Crippen molar-refractivity contribution in [3.63, 3.8) is 0 Å². The molecule has 1 fully saturated rings. The Bertz CT molecular complexity index is 538. The monoisotopic (exact) mass is 301 g/mol. The van der Waals surface area contributed by atoms with E-state index in [1.807, 2.05) is 0 Å². The molecule has 3 N–H and O–H groups in total. The molecule has 1 aliphatic rings. The highest BCUT2D eigenvalue weighted by atomic mass is 19.3. The highest BCUT2D eigenvalue weighted by Crippen LogP contribution is 2.41. The van der Waals surface area contributed by atoms with Crippen molar-refractivity contribution in [1.82, 2.24) is 0 Å². The number of ether oxygens (including phenoxy) is 2. The number of halogens is 2. The molecule has 1 aromatic rings. The Morgan fingerprint density at radius 3 is 2.86 bits per heavy atom. The van der Waals surface area contributed by atoms with E-state index in [1.165, 1.54) is 18.2 Å². The van der Waals surface area contributed by atoms with Gasteiger partial charge in [0.2, 0.25) is 0 Å². The number of nitrogen functional groups attached to an aromatic ring is 1. The SMILES string of the molecule is CC1CC(C(=O)O)(c2cc(OC(F)F)ccc2N)CCO1. The molecule has 2 atom stereocenters. The van der Waals surface area contributed by atoms with Crippen molar-refractivity contribution in [3.8, 4) is 5.75 Å². The third-order valence-corrected chi connectivity index (χ3v) is 3.74. The maximum atomic E-state index is 12.3. The van der Waals surface area contributed by atoms with Gasteiger partial charge in [0, 0.05) is 12.3 Å². The number of alkyl halides is 2. The number of hydrogen-bond donors (Lipinski definition) is 2. The van der Waals surface area contributed by atoms with E-state index in [0.717, 1.165) is 0 Å². The van der Waals surface area contributed by atoms with Crippen LogP contribution in [0, 0.1) is 0 Å². The largest absolute Gasteiger partial charge is 0.481 e. The molecule has 2 rings (SSSR count). The molecule has 1 saturated heterocycles. The predicted octanol–water partition coefficient (Wildman–Crippen LogP) is 2.39. The molecule has 0 aromatic heterocycles. The van der Waals surface area contributed by atoms with Gasteiger partial charge in [-0.1, -0.05) is 0 Å². The molecule has 0 bridgehead atoms. The van der Waals surface area contributed by atoms with Gasteiger partial charge >= 0.3 is 12.6 Å². The maximum absolute atomic E-state index is 12.3. The van der Waals surface area contributed by atoms with Crippen LogP contribution in [0.25, 0.3) is 0 Å². The van der Waals surface area contributed by atoms with Crippen LogP contribution in [0.15, 0.2) is 18.2 Å². The Morgan fingerprint density at radius 1 is 1.57 bits per heavy atom. The number of carbonyl (C=O) groups is 1. The Hall–Kier alpha value is -1.89. The summed E-state index contributed by atoms with van der Waals surface area (Å²) in [5, 5.41) is 9.66. The number of rotatable bonds is 4. The van der Waals surface area contributed by atoms with Crippen LogP contribution in [0.1, 0.15) is 25.3 Å². The Kier molecular flexibility index (Phi) is 4.32. The average Bonchev–Trinajstić information content (AvgIpc) is 2.40. The normalized spacial score (nSPS) is 25.8. The zero-order chi connectivity index (χ0) is 15.6. The molecule has 0 saturated carbocycles. The van der Waals surface area contributed by atoms with Gasteiger partial charge in [0.15, 0.2) is 0 Å². The zero-order valence-corrected chi connectivity index (χ0v) is 11.5. The third kappa shape index (κ3) is 3.07. The first-order chi connectivity index (χ1) is 9.85. The molecule has 7 heteroatoms. The second-order valence-corrected chi connectivity index (χ2v) is 5.15. The van der Waals surface area contributed by atoms with E-state index in [4.69, 9.17) is 10.5 Å². The lowest BCUT2D eigenvalue weighted by molar-refractivity contribution is -0.150. The van der Waals surface area contributed by atoms with Crippen LogP contribution in [-0.2, 0) is 14.9 Å². The molecule has 0 aliphatic carbocycles. The van der Waals surface area contributed by atoms with Crippen LogP contribution in [0.5, 0.6) is 5.75 Å². The van der Waals surface area contributed by atoms with Crippen molar-refractivity contribution in [3.05, 3.63) is 23.8 Å². The summed E-state index contributed by atoms with van der Waals surface area (Å²) < 4.78 is 34.4. The zero-order valence-electron chi connectivity index (χ0n) is 11.5. The minimum Gasteiger partial charge on any atom is -0.481 e. The lowest BCUT2D eigenvalue weighted by atomic mass is 9.72. The first kappa shape index (κ1) is 15.5. The molecule has 116 valence electrons. The fraction of sp³-hybridized carbons (Fsp3) is 0.500. The Balaban J connectivity index is 2.47. The summed E-state index contributed by atoms with van der Waals surface area (Å²) in [6.45, 7) is -0.935. The summed E-state index contributed by atoms with van der Waals surface area (Å²) in [7, 11) is 0. The molecule has 5 nitrogen and oxygen atoms in total.